The van der Waals surface area contributed by atoms with Crippen LogP contribution in [0.25, 0.3) is 22.6 Å². The number of fused-ring (bicyclic) bond motifs is 1. The molecular formula is C23H20N2O5. The Balaban J connectivity index is 1.46. The Morgan fingerprint density at radius 3 is 2.63 bits per heavy atom. The summed E-state index contributed by atoms with van der Waals surface area (Å²) >= 11 is 0. The summed E-state index contributed by atoms with van der Waals surface area (Å²) in [6.07, 6.45) is 0. The zero-order chi connectivity index (χ0) is 20.9. The van der Waals surface area contributed by atoms with E-state index in [-0.39, 0.29) is 12.5 Å². The molecule has 0 spiro atoms. The first-order chi connectivity index (χ1) is 14.7. The SMILES string of the molecule is COc1cccc(OCC(=O)Nc2ccc3nc(-c4ccccc4OC)oc3c2)c1. The average molecular weight is 404 g/mol. The van der Waals surface area contributed by atoms with Gasteiger partial charge in [-0.15, -0.1) is 0 Å². The van der Waals surface area contributed by atoms with Crippen molar-refractivity contribution in [2.24, 2.45) is 0 Å². The van der Waals surface area contributed by atoms with Crippen molar-refractivity contribution in [3.63, 3.8) is 0 Å². The molecular weight excluding hydrogens is 384 g/mol. The monoisotopic (exact) mass is 404 g/mol. The summed E-state index contributed by atoms with van der Waals surface area (Å²) in [6, 6.07) is 19.8. The second kappa shape index (κ2) is 8.57. The van der Waals surface area contributed by atoms with Gasteiger partial charge in [0.1, 0.15) is 22.8 Å². The zero-order valence-corrected chi connectivity index (χ0v) is 16.5. The molecule has 0 aliphatic rings. The normalized spacial score (nSPS) is 10.6. The van der Waals surface area contributed by atoms with Gasteiger partial charge in [0.15, 0.2) is 12.2 Å². The number of oxazole rings is 1. The number of carbonyl (C=O) groups excluding carboxylic acids is 1. The third kappa shape index (κ3) is 4.20. The highest BCUT2D eigenvalue weighted by atomic mass is 16.5. The van der Waals surface area contributed by atoms with Crippen LogP contribution in [0.15, 0.2) is 71.1 Å². The van der Waals surface area contributed by atoms with Crippen molar-refractivity contribution in [3.8, 4) is 28.7 Å². The van der Waals surface area contributed by atoms with E-state index in [1.165, 1.54) is 0 Å². The van der Waals surface area contributed by atoms with Crippen LogP contribution in [0.3, 0.4) is 0 Å². The van der Waals surface area contributed by atoms with Gasteiger partial charge >= 0.3 is 0 Å². The van der Waals surface area contributed by atoms with Crippen molar-refractivity contribution in [2.75, 3.05) is 26.1 Å². The fourth-order valence-electron chi connectivity index (χ4n) is 2.98. The van der Waals surface area contributed by atoms with E-state index in [4.69, 9.17) is 18.6 Å². The summed E-state index contributed by atoms with van der Waals surface area (Å²) in [5.74, 6) is 2.05. The summed E-state index contributed by atoms with van der Waals surface area (Å²) in [5, 5.41) is 2.80. The fourth-order valence-corrected chi connectivity index (χ4v) is 2.98. The summed E-state index contributed by atoms with van der Waals surface area (Å²) in [4.78, 5) is 16.8. The van der Waals surface area contributed by atoms with Gasteiger partial charge in [-0.1, -0.05) is 18.2 Å². The molecule has 1 amide bonds. The highest BCUT2D eigenvalue weighted by molar-refractivity contribution is 5.94. The summed E-state index contributed by atoms with van der Waals surface area (Å²) in [6.45, 7) is -0.131. The number of benzene rings is 3. The maximum absolute atomic E-state index is 12.3. The van der Waals surface area contributed by atoms with Crippen LogP contribution in [-0.4, -0.2) is 31.7 Å². The molecule has 0 bridgehead atoms. The van der Waals surface area contributed by atoms with Crippen LogP contribution in [0.1, 0.15) is 0 Å². The van der Waals surface area contributed by atoms with E-state index >= 15 is 0 Å². The Morgan fingerprint density at radius 2 is 1.80 bits per heavy atom. The number of methoxy groups -OCH3 is 2. The number of carbonyl (C=O) groups is 1. The minimum absolute atomic E-state index is 0.131. The zero-order valence-electron chi connectivity index (χ0n) is 16.5. The van der Waals surface area contributed by atoms with Crippen LogP contribution >= 0.6 is 0 Å². The van der Waals surface area contributed by atoms with E-state index in [0.29, 0.717) is 39.9 Å². The van der Waals surface area contributed by atoms with Crippen molar-refractivity contribution >= 4 is 22.7 Å². The van der Waals surface area contributed by atoms with Gasteiger partial charge in [0, 0.05) is 17.8 Å². The quantitative estimate of drug-likeness (QED) is 0.487. The van der Waals surface area contributed by atoms with E-state index in [9.17, 15) is 4.79 Å². The molecule has 7 heteroatoms. The second-order valence-corrected chi connectivity index (χ2v) is 6.42. The third-order valence-corrected chi connectivity index (χ3v) is 4.42. The molecule has 3 aromatic carbocycles. The van der Waals surface area contributed by atoms with Crippen LogP contribution in [0.5, 0.6) is 17.2 Å². The van der Waals surface area contributed by atoms with Crippen molar-refractivity contribution in [3.05, 3.63) is 66.7 Å². The van der Waals surface area contributed by atoms with Crippen molar-refractivity contribution in [1.82, 2.24) is 4.98 Å². The number of hydrogen-bond donors (Lipinski definition) is 1. The standard InChI is InChI=1S/C23H20N2O5/c1-27-16-6-5-7-17(13-16)29-14-22(26)24-15-10-11-19-21(12-15)30-23(25-19)18-8-3-4-9-20(18)28-2/h3-13H,14H2,1-2H3,(H,24,26). The van der Waals surface area contributed by atoms with Crippen LogP contribution in [-0.2, 0) is 4.79 Å². The molecule has 0 fully saturated rings. The first kappa shape index (κ1) is 19.3. The molecule has 0 saturated heterocycles. The minimum Gasteiger partial charge on any atom is -0.497 e. The molecule has 7 nitrogen and oxygen atoms in total. The smallest absolute Gasteiger partial charge is 0.262 e. The highest BCUT2D eigenvalue weighted by Crippen LogP contribution is 2.32. The van der Waals surface area contributed by atoms with Gasteiger partial charge in [0.05, 0.1) is 19.8 Å². The predicted octanol–water partition coefficient (Wildman–Crippen LogP) is 4.53. The van der Waals surface area contributed by atoms with Gasteiger partial charge in [0.2, 0.25) is 5.89 Å². The molecule has 1 N–H and O–H groups in total. The third-order valence-electron chi connectivity index (χ3n) is 4.42. The molecule has 4 aromatic rings. The lowest BCUT2D eigenvalue weighted by Gasteiger charge is -2.08. The van der Waals surface area contributed by atoms with Gasteiger partial charge < -0.3 is 23.9 Å². The first-order valence-corrected chi connectivity index (χ1v) is 9.27. The summed E-state index contributed by atoms with van der Waals surface area (Å²) in [7, 11) is 3.17. The van der Waals surface area contributed by atoms with Gasteiger partial charge in [-0.3, -0.25) is 4.79 Å². The molecule has 30 heavy (non-hydrogen) atoms. The van der Waals surface area contributed by atoms with Crippen molar-refractivity contribution in [2.45, 2.75) is 0 Å². The molecule has 0 aliphatic carbocycles. The number of nitrogens with zero attached hydrogens (tertiary/aromatic N) is 1. The number of hydrogen-bond acceptors (Lipinski definition) is 6. The van der Waals surface area contributed by atoms with E-state index in [2.05, 4.69) is 10.3 Å². The minimum atomic E-state index is -0.290. The lowest BCUT2D eigenvalue weighted by Crippen LogP contribution is -2.20. The largest absolute Gasteiger partial charge is 0.497 e. The van der Waals surface area contributed by atoms with Crippen molar-refractivity contribution < 1.29 is 23.4 Å². The molecule has 4 rings (SSSR count). The molecule has 0 unspecified atom stereocenters. The number of amides is 1. The maximum atomic E-state index is 12.3. The van der Waals surface area contributed by atoms with Gasteiger partial charge in [-0.2, -0.15) is 0 Å². The number of aromatic nitrogens is 1. The Morgan fingerprint density at radius 1 is 0.967 bits per heavy atom. The van der Waals surface area contributed by atoms with Crippen LogP contribution in [0.2, 0.25) is 0 Å². The maximum Gasteiger partial charge on any atom is 0.262 e. The second-order valence-electron chi connectivity index (χ2n) is 6.42. The number of nitrogens with one attached hydrogen (secondary N) is 1. The van der Waals surface area contributed by atoms with Gasteiger partial charge in [-0.25, -0.2) is 4.98 Å². The Hall–Kier alpha value is -4.00. The van der Waals surface area contributed by atoms with Gasteiger partial charge in [-0.05, 0) is 36.4 Å². The first-order valence-electron chi connectivity index (χ1n) is 9.27. The number of para-hydroxylation sites is 1. The number of ether oxygens (including phenoxy) is 3. The number of rotatable bonds is 7. The molecule has 0 radical (unpaired) electrons. The Kier molecular flexibility index (Phi) is 5.52. The van der Waals surface area contributed by atoms with Crippen LogP contribution < -0.4 is 19.5 Å². The van der Waals surface area contributed by atoms with E-state index < -0.39 is 0 Å². The van der Waals surface area contributed by atoms with E-state index in [1.807, 2.05) is 24.3 Å². The Bertz CT molecular complexity index is 1190. The topological polar surface area (TPSA) is 82.8 Å². The lowest BCUT2D eigenvalue weighted by molar-refractivity contribution is -0.118. The van der Waals surface area contributed by atoms with Crippen LogP contribution in [0, 0.1) is 0 Å². The average Bonchev–Trinajstić information content (AvgIpc) is 3.21. The van der Waals surface area contributed by atoms with Gasteiger partial charge in [0.25, 0.3) is 5.91 Å². The summed E-state index contributed by atoms with van der Waals surface area (Å²) in [5.41, 5.74) is 2.59. The molecule has 152 valence electrons. The molecule has 0 aliphatic heterocycles. The molecule has 1 heterocycles. The molecule has 0 saturated carbocycles. The summed E-state index contributed by atoms with van der Waals surface area (Å²) < 4.78 is 21.9. The van der Waals surface area contributed by atoms with Crippen LogP contribution in [0.4, 0.5) is 5.69 Å². The highest BCUT2D eigenvalue weighted by Gasteiger charge is 2.13. The molecule has 1 aromatic heterocycles. The van der Waals surface area contributed by atoms with Crippen molar-refractivity contribution in [1.29, 1.82) is 0 Å². The fraction of sp³-hybridized carbons (Fsp3) is 0.130. The number of anilines is 1. The molecule has 0 atom stereocenters. The van der Waals surface area contributed by atoms with E-state index in [0.717, 1.165) is 5.56 Å². The van der Waals surface area contributed by atoms with E-state index in [1.54, 1.807) is 56.7 Å². The Labute approximate surface area is 173 Å². The lowest BCUT2D eigenvalue weighted by atomic mass is 10.2. The predicted molar refractivity (Wildman–Crippen MR) is 113 cm³/mol.